The Morgan fingerprint density at radius 1 is 0.299 bits per heavy atom. The Labute approximate surface area is 390 Å². The van der Waals surface area contributed by atoms with Crippen LogP contribution in [0.5, 0.6) is 0 Å². The van der Waals surface area contributed by atoms with Crippen LogP contribution < -0.4 is 4.90 Å². The van der Waals surface area contributed by atoms with Gasteiger partial charge in [0.05, 0.1) is 16.4 Å². The lowest BCUT2D eigenvalue weighted by Gasteiger charge is -2.35. The van der Waals surface area contributed by atoms with Crippen LogP contribution in [0.2, 0.25) is 0 Å². The summed E-state index contributed by atoms with van der Waals surface area (Å²) in [6, 6.07) is 98.2. The number of hydrogen-bond acceptors (Lipinski definition) is 1. The lowest BCUT2D eigenvalue weighted by atomic mass is 9.67. The lowest BCUT2D eigenvalue weighted by Crippen LogP contribution is -2.28. The highest BCUT2D eigenvalue weighted by atomic mass is 15.1. The van der Waals surface area contributed by atoms with Gasteiger partial charge in [-0.3, -0.25) is 0 Å². The third-order valence-electron chi connectivity index (χ3n) is 14.0. The quantitative estimate of drug-likeness (QED) is 0.148. The van der Waals surface area contributed by atoms with Gasteiger partial charge in [-0.25, -0.2) is 0 Å². The van der Waals surface area contributed by atoms with Gasteiger partial charge >= 0.3 is 0 Å². The Morgan fingerprint density at radius 2 is 0.821 bits per heavy atom. The van der Waals surface area contributed by atoms with Crippen LogP contribution in [0.25, 0.3) is 71.6 Å². The third-order valence-corrected chi connectivity index (χ3v) is 14.0. The van der Waals surface area contributed by atoms with Crippen LogP contribution in [0.1, 0.15) is 22.3 Å². The highest BCUT2D eigenvalue weighted by molar-refractivity contribution is 6.10. The van der Waals surface area contributed by atoms with Gasteiger partial charge in [-0.2, -0.15) is 0 Å². The Bertz CT molecular complexity index is 3740. The van der Waals surface area contributed by atoms with Gasteiger partial charge in [-0.15, -0.1) is 0 Å². The van der Waals surface area contributed by atoms with Crippen molar-refractivity contribution >= 4 is 49.6 Å². The van der Waals surface area contributed by atoms with E-state index in [-0.39, 0.29) is 0 Å². The SMILES string of the molecule is c1ccc(-c2cccc(N(c3ccc(-c4ccc5c6ccccc6n(-c6ccccc6)c5c4)cc3)c3ccc4c(c3)C(c3ccccc3)(c3ccccc3)c3cc5ccccc5cc3-4)c2)cc1. The van der Waals surface area contributed by atoms with E-state index in [0.29, 0.717) is 0 Å². The van der Waals surface area contributed by atoms with Crippen LogP contribution in [0.3, 0.4) is 0 Å². The first-order chi connectivity index (χ1) is 33.2. The average molecular weight is 853 g/mol. The summed E-state index contributed by atoms with van der Waals surface area (Å²) in [4.78, 5) is 2.44. The molecule has 0 N–H and O–H groups in total. The fraction of sp³-hybridized carbons (Fsp3) is 0.0154. The smallest absolute Gasteiger partial charge is 0.0714 e. The second-order valence-corrected chi connectivity index (χ2v) is 17.7. The van der Waals surface area contributed by atoms with Crippen molar-refractivity contribution in [2.45, 2.75) is 5.41 Å². The molecule has 0 saturated carbocycles. The van der Waals surface area contributed by atoms with E-state index < -0.39 is 5.41 Å². The van der Waals surface area contributed by atoms with Gasteiger partial charge in [0.25, 0.3) is 0 Å². The molecule has 2 heteroatoms. The standard InChI is InChI=1S/C65H44N2/c1-5-18-45(19-6-1)47-22-17-29-55(40-47)66(54-35-32-46(33-36-54)50-34-38-59-58-30-15-16-31-63(58)67(64(59)43-50)53-27-11-4-12-28-53)56-37-39-57-60-41-48-20-13-14-21-49(48)42-61(60)65(62(57)44-56,51-23-7-2-8-24-51)52-25-9-3-10-26-52/h1-44H. The maximum Gasteiger partial charge on any atom is 0.0714 e. The second-order valence-electron chi connectivity index (χ2n) is 17.7. The molecule has 0 spiro atoms. The number of anilines is 3. The highest BCUT2D eigenvalue weighted by Gasteiger charge is 2.46. The summed E-state index contributed by atoms with van der Waals surface area (Å²) in [5.41, 5.74) is 18.6. The molecule has 0 amide bonds. The van der Waals surface area contributed by atoms with Gasteiger partial charge < -0.3 is 9.47 Å². The zero-order valence-electron chi connectivity index (χ0n) is 36.8. The van der Waals surface area contributed by atoms with E-state index in [1.807, 2.05) is 0 Å². The number of para-hydroxylation sites is 2. The molecule has 11 aromatic carbocycles. The number of nitrogens with zero attached hydrogens (tertiary/aromatic N) is 2. The first kappa shape index (κ1) is 38.7. The Hall–Kier alpha value is -8.72. The maximum atomic E-state index is 2.47. The van der Waals surface area contributed by atoms with E-state index in [4.69, 9.17) is 0 Å². The van der Waals surface area contributed by atoms with E-state index >= 15 is 0 Å². The molecule has 1 heterocycles. The van der Waals surface area contributed by atoms with Crippen LogP contribution >= 0.6 is 0 Å². The minimum Gasteiger partial charge on any atom is -0.310 e. The van der Waals surface area contributed by atoms with Gasteiger partial charge in [0.2, 0.25) is 0 Å². The Morgan fingerprint density at radius 3 is 1.55 bits per heavy atom. The van der Waals surface area contributed by atoms with Crippen molar-refractivity contribution in [2.24, 2.45) is 0 Å². The minimum atomic E-state index is -0.560. The monoisotopic (exact) mass is 852 g/mol. The van der Waals surface area contributed by atoms with Crippen molar-refractivity contribution in [3.8, 4) is 39.1 Å². The van der Waals surface area contributed by atoms with Gasteiger partial charge in [-0.05, 0) is 139 Å². The average Bonchev–Trinajstić information content (AvgIpc) is 3.89. The van der Waals surface area contributed by atoms with Crippen LogP contribution in [-0.2, 0) is 5.41 Å². The summed E-state index contributed by atoms with van der Waals surface area (Å²) in [6.45, 7) is 0. The van der Waals surface area contributed by atoms with Gasteiger partial charge in [0.15, 0.2) is 0 Å². The fourth-order valence-corrected chi connectivity index (χ4v) is 11.0. The Balaban J connectivity index is 1.01. The number of rotatable bonds is 8. The van der Waals surface area contributed by atoms with Gasteiger partial charge in [0, 0.05) is 33.5 Å². The van der Waals surface area contributed by atoms with E-state index in [0.717, 1.165) is 28.3 Å². The Kier molecular flexibility index (Phi) is 9.11. The van der Waals surface area contributed by atoms with E-state index in [1.54, 1.807) is 0 Å². The zero-order valence-corrected chi connectivity index (χ0v) is 36.8. The molecular weight excluding hydrogens is 809 g/mol. The normalized spacial score (nSPS) is 12.6. The molecular formula is C65H44N2. The molecule has 0 bridgehead atoms. The maximum absolute atomic E-state index is 2.47. The predicted molar refractivity (Wildman–Crippen MR) is 281 cm³/mol. The zero-order chi connectivity index (χ0) is 44.3. The first-order valence-electron chi connectivity index (χ1n) is 23.2. The van der Waals surface area contributed by atoms with Crippen molar-refractivity contribution < 1.29 is 0 Å². The largest absolute Gasteiger partial charge is 0.310 e. The molecule has 314 valence electrons. The molecule has 0 radical (unpaired) electrons. The molecule has 0 aliphatic heterocycles. The van der Waals surface area contributed by atoms with E-state index in [1.165, 1.54) is 82.6 Å². The summed E-state index contributed by atoms with van der Waals surface area (Å²) in [7, 11) is 0. The summed E-state index contributed by atoms with van der Waals surface area (Å²) >= 11 is 0. The van der Waals surface area contributed by atoms with Crippen LogP contribution in [0.15, 0.2) is 267 Å². The third kappa shape index (κ3) is 6.26. The van der Waals surface area contributed by atoms with Crippen LogP contribution in [-0.4, -0.2) is 4.57 Å². The molecule has 67 heavy (non-hydrogen) atoms. The molecule has 2 nitrogen and oxygen atoms in total. The summed E-state index contributed by atoms with van der Waals surface area (Å²) in [5, 5.41) is 4.99. The molecule has 0 fully saturated rings. The summed E-state index contributed by atoms with van der Waals surface area (Å²) in [5.74, 6) is 0. The summed E-state index contributed by atoms with van der Waals surface area (Å²) in [6.07, 6.45) is 0. The molecule has 0 saturated heterocycles. The van der Waals surface area contributed by atoms with Crippen molar-refractivity contribution in [3.63, 3.8) is 0 Å². The molecule has 1 aliphatic rings. The first-order valence-corrected chi connectivity index (χ1v) is 23.2. The van der Waals surface area contributed by atoms with Gasteiger partial charge in [-0.1, -0.05) is 194 Å². The van der Waals surface area contributed by atoms with E-state index in [9.17, 15) is 0 Å². The molecule has 0 atom stereocenters. The second kappa shape index (κ2) is 15.8. The lowest BCUT2D eigenvalue weighted by molar-refractivity contribution is 0.769. The number of fused-ring (bicyclic) bond motifs is 7. The summed E-state index contributed by atoms with van der Waals surface area (Å²) < 4.78 is 2.39. The van der Waals surface area contributed by atoms with Crippen LogP contribution in [0.4, 0.5) is 17.1 Å². The topological polar surface area (TPSA) is 8.17 Å². The molecule has 1 aromatic heterocycles. The highest BCUT2D eigenvalue weighted by Crippen LogP contribution is 2.58. The van der Waals surface area contributed by atoms with Crippen molar-refractivity contribution in [1.29, 1.82) is 0 Å². The van der Waals surface area contributed by atoms with Crippen molar-refractivity contribution in [3.05, 3.63) is 289 Å². The molecule has 0 unspecified atom stereocenters. The fourth-order valence-electron chi connectivity index (χ4n) is 11.0. The number of benzene rings is 11. The predicted octanol–water partition coefficient (Wildman–Crippen LogP) is 17.1. The van der Waals surface area contributed by atoms with Crippen LogP contribution in [0, 0.1) is 0 Å². The molecule has 13 rings (SSSR count). The molecule has 1 aliphatic carbocycles. The van der Waals surface area contributed by atoms with Gasteiger partial charge in [0.1, 0.15) is 0 Å². The number of aromatic nitrogens is 1. The van der Waals surface area contributed by atoms with E-state index in [2.05, 4.69) is 276 Å². The molecule has 12 aromatic rings. The minimum absolute atomic E-state index is 0.560. The van der Waals surface area contributed by atoms with Crippen molar-refractivity contribution in [1.82, 2.24) is 4.57 Å². The van der Waals surface area contributed by atoms with Crippen molar-refractivity contribution in [2.75, 3.05) is 4.90 Å². The number of hydrogen-bond donors (Lipinski definition) is 0.